The van der Waals surface area contributed by atoms with Crippen molar-refractivity contribution in [1.29, 1.82) is 0 Å². The van der Waals surface area contributed by atoms with Gasteiger partial charge in [0.15, 0.2) is 12.4 Å². The lowest BCUT2D eigenvalue weighted by Gasteiger charge is -2.31. The lowest BCUT2D eigenvalue weighted by atomic mass is 9.86. The Labute approximate surface area is 190 Å². The third-order valence-corrected chi connectivity index (χ3v) is 5.05. The maximum atomic E-state index is 13.6. The van der Waals surface area contributed by atoms with Gasteiger partial charge < -0.3 is 13.9 Å². The number of rotatable bonds is 8. The van der Waals surface area contributed by atoms with Crippen molar-refractivity contribution in [2.45, 2.75) is 5.60 Å². The molecule has 0 saturated carbocycles. The predicted molar refractivity (Wildman–Crippen MR) is 120 cm³/mol. The van der Waals surface area contributed by atoms with E-state index in [1.807, 2.05) is 0 Å². The number of ether oxygens (including phenoxy) is 2. The van der Waals surface area contributed by atoms with Gasteiger partial charge in [-0.3, -0.25) is 4.79 Å². The van der Waals surface area contributed by atoms with Crippen molar-refractivity contribution in [2.75, 3.05) is 6.61 Å². The van der Waals surface area contributed by atoms with Crippen LogP contribution in [0.25, 0.3) is 0 Å². The van der Waals surface area contributed by atoms with Crippen molar-refractivity contribution in [3.05, 3.63) is 132 Å². The van der Waals surface area contributed by atoms with Crippen LogP contribution in [0.3, 0.4) is 0 Å². The summed E-state index contributed by atoms with van der Waals surface area (Å²) in [5, 5.41) is 0. The number of carbonyl (C=O) groups is 3. The van der Waals surface area contributed by atoms with Crippen molar-refractivity contribution < 1.29 is 28.3 Å². The molecule has 0 fully saturated rings. The number of carbonyl (C=O) groups excluding carboxylic acids is 3. The van der Waals surface area contributed by atoms with Crippen LogP contribution in [0.2, 0.25) is 0 Å². The summed E-state index contributed by atoms with van der Waals surface area (Å²) in [6, 6.07) is 28.5. The summed E-state index contributed by atoms with van der Waals surface area (Å²) in [6.45, 7) is -0.511. The number of hydrogen-bond donors (Lipinski definition) is 0. The van der Waals surface area contributed by atoms with E-state index in [1.165, 1.54) is 12.3 Å². The topological polar surface area (TPSA) is 82.8 Å². The van der Waals surface area contributed by atoms with E-state index in [-0.39, 0.29) is 11.5 Å². The Morgan fingerprint density at radius 1 is 0.697 bits per heavy atom. The van der Waals surface area contributed by atoms with Gasteiger partial charge in [-0.25, -0.2) is 9.59 Å². The van der Waals surface area contributed by atoms with E-state index in [9.17, 15) is 14.4 Å². The van der Waals surface area contributed by atoms with E-state index in [1.54, 1.807) is 97.1 Å². The zero-order chi connectivity index (χ0) is 23.1. The first-order valence-corrected chi connectivity index (χ1v) is 10.2. The monoisotopic (exact) mass is 440 g/mol. The fourth-order valence-corrected chi connectivity index (χ4v) is 3.43. The number of furan rings is 1. The highest BCUT2D eigenvalue weighted by atomic mass is 16.6. The van der Waals surface area contributed by atoms with Gasteiger partial charge in [0.05, 0.1) is 6.26 Å². The minimum Gasteiger partial charge on any atom is -0.457 e. The number of esters is 2. The van der Waals surface area contributed by atoms with Gasteiger partial charge >= 0.3 is 11.9 Å². The highest BCUT2D eigenvalue weighted by molar-refractivity contribution is 5.99. The molecule has 0 atom stereocenters. The number of hydrogen-bond acceptors (Lipinski definition) is 6. The minimum absolute atomic E-state index is 0.0700. The third-order valence-electron chi connectivity index (χ3n) is 5.05. The maximum Gasteiger partial charge on any atom is 0.376 e. The van der Waals surface area contributed by atoms with Crippen LogP contribution in [0.5, 0.6) is 0 Å². The molecule has 0 unspecified atom stereocenters. The highest BCUT2D eigenvalue weighted by Crippen LogP contribution is 2.36. The Kier molecular flexibility index (Phi) is 6.45. The SMILES string of the molecule is O=C(COC(=O)C(OC(=O)c1ccco1)(c1ccccc1)c1ccccc1)c1ccccc1. The predicted octanol–water partition coefficient (Wildman–Crippen LogP) is 4.81. The first-order chi connectivity index (χ1) is 16.1. The van der Waals surface area contributed by atoms with E-state index in [2.05, 4.69) is 0 Å². The smallest absolute Gasteiger partial charge is 0.376 e. The molecule has 0 bridgehead atoms. The van der Waals surface area contributed by atoms with Crippen LogP contribution in [0.4, 0.5) is 0 Å². The Bertz CT molecular complexity index is 1180. The summed E-state index contributed by atoms with van der Waals surface area (Å²) >= 11 is 0. The molecular weight excluding hydrogens is 420 g/mol. The Morgan fingerprint density at radius 2 is 1.24 bits per heavy atom. The minimum atomic E-state index is -1.95. The molecule has 0 amide bonds. The standard InChI is InChI=1S/C27H20O6/c28-23(20-11-4-1-5-12-20)19-32-26(30)27(21-13-6-2-7-14-21,22-15-8-3-9-16-22)33-25(29)24-17-10-18-31-24/h1-18H,19H2. The van der Waals surface area contributed by atoms with Crippen LogP contribution in [0.15, 0.2) is 114 Å². The van der Waals surface area contributed by atoms with Gasteiger partial charge in [-0.1, -0.05) is 91.0 Å². The molecule has 1 aromatic heterocycles. The van der Waals surface area contributed by atoms with Gasteiger partial charge in [0, 0.05) is 16.7 Å². The lowest BCUT2D eigenvalue weighted by molar-refractivity contribution is -0.161. The number of benzene rings is 3. The first kappa shape index (κ1) is 21.8. The molecule has 0 spiro atoms. The van der Waals surface area contributed by atoms with Gasteiger partial charge in [0.1, 0.15) is 0 Å². The highest BCUT2D eigenvalue weighted by Gasteiger charge is 2.48. The molecule has 4 rings (SSSR count). The molecular formula is C27H20O6. The molecule has 0 N–H and O–H groups in total. The number of ketones is 1. The summed E-state index contributed by atoms with van der Waals surface area (Å²) in [6.07, 6.45) is 1.33. The molecule has 0 aliphatic carbocycles. The van der Waals surface area contributed by atoms with E-state index >= 15 is 0 Å². The van der Waals surface area contributed by atoms with Crippen LogP contribution in [0.1, 0.15) is 32.0 Å². The zero-order valence-electron chi connectivity index (χ0n) is 17.5. The molecule has 0 aliphatic heterocycles. The average molecular weight is 440 g/mol. The molecule has 4 aromatic rings. The van der Waals surface area contributed by atoms with Crippen LogP contribution in [-0.4, -0.2) is 24.3 Å². The Morgan fingerprint density at radius 3 is 1.76 bits per heavy atom. The second-order valence-corrected chi connectivity index (χ2v) is 7.15. The van der Waals surface area contributed by atoms with Crippen LogP contribution >= 0.6 is 0 Å². The molecule has 3 aromatic carbocycles. The average Bonchev–Trinajstić information content (AvgIpc) is 3.42. The molecule has 6 heteroatoms. The fraction of sp³-hybridized carbons (Fsp3) is 0.0741. The van der Waals surface area contributed by atoms with Crippen molar-refractivity contribution in [1.82, 2.24) is 0 Å². The summed E-state index contributed by atoms with van der Waals surface area (Å²) < 4.78 is 16.5. The van der Waals surface area contributed by atoms with Crippen LogP contribution in [0, 0.1) is 0 Å². The van der Waals surface area contributed by atoms with E-state index < -0.39 is 24.1 Å². The van der Waals surface area contributed by atoms with E-state index in [0.29, 0.717) is 16.7 Å². The normalized spacial score (nSPS) is 10.9. The van der Waals surface area contributed by atoms with Gasteiger partial charge in [-0.15, -0.1) is 0 Å². The molecule has 6 nitrogen and oxygen atoms in total. The van der Waals surface area contributed by atoms with E-state index in [4.69, 9.17) is 13.9 Å². The summed E-state index contributed by atoms with van der Waals surface area (Å²) in [5.41, 5.74) is -0.812. The van der Waals surface area contributed by atoms with Crippen molar-refractivity contribution in [3.8, 4) is 0 Å². The van der Waals surface area contributed by atoms with Gasteiger partial charge in [-0.2, -0.15) is 0 Å². The summed E-state index contributed by atoms with van der Waals surface area (Å²) in [5.74, 6) is -2.20. The lowest BCUT2D eigenvalue weighted by Crippen LogP contribution is -2.43. The first-order valence-electron chi connectivity index (χ1n) is 10.2. The zero-order valence-corrected chi connectivity index (χ0v) is 17.5. The Hall–Kier alpha value is -4.45. The number of Topliss-reactive ketones (excluding diaryl/α,β-unsaturated/α-hetero) is 1. The van der Waals surface area contributed by atoms with Crippen molar-refractivity contribution in [3.63, 3.8) is 0 Å². The maximum absolute atomic E-state index is 13.6. The Balaban J connectivity index is 1.74. The molecule has 0 radical (unpaired) electrons. The third kappa shape index (κ3) is 4.60. The van der Waals surface area contributed by atoms with Crippen LogP contribution < -0.4 is 0 Å². The summed E-state index contributed by atoms with van der Waals surface area (Å²) in [7, 11) is 0. The second-order valence-electron chi connectivity index (χ2n) is 7.15. The molecule has 0 aliphatic rings. The molecule has 33 heavy (non-hydrogen) atoms. The van der Waals surface area contributed by atoms with Gasteiger partial charge in [-0.05, 0) is 12.1 Å². The van der Waals surface area contributed by atoms with Gasteiger partial charge in [0.2, 0.25) is 5.76 Å². The summed E-state index contributed by atoms with van der Waals surface area (Å²) in [4.78, 5) is 39.1. The van der Waals surface area contributed by atoms with Gasteiger partial charge in [0.25, 0.3) is 5.60 Å². The second kappa shape index (κ2) is 9.78. The quantitative estimate of drug-likeness (QED) is 0.289. The van der Waals surface area contributed by atoms with Crippen molar-refractivity contribution in [2.24, 2.45) is 0 Å². The van der Waals surface area contributed by atoms with Crippen LogP contribution in [-0.2, 0) is 19.9 Å². The van der Waals surface area contributed by atoms with E-state index in [0.717, 1.165) is 0 Å². The molecule has 164 valence electrons. The largest absolute Gasteiger partial charge is 0.457 e. The molecule has 1 heterocycles. The van der Waals surface area contributed by atoms with Crippen molar-refractivity contribution >= 4 is 17.7 Å². The molecule has 0 saturated heterocycles. The fourth-order valence-electron chi connectivity index (χ4n) is 3.43.